The Bertz CT molecular complexity index is 1170. The standard InChI is InChI=1S/C25H29N3O5S/c1-17(2)15-22(28-24(30)20-7-3-4-8-21(20)25(28)31)23(29)26-16-18-9-11-19(12-10-18)34(32,33)27-13-5-6-14-27/h3-4,7-12,17,22H,5-6,13-16H2,1-2H3,(H,26,29). The van der Waals surface area contributed by atoms with Crippen molar-refractivity contribution in [1.82, 2.24) is 14.5 Å². The highest BCUT2D eigenvalue weighted by molar-refractivity contribution is 7.89. The summed E-state index contributed by atoms with van der Waals surface area (Å²) in [5.41, 5.74) is 1.34. The van der Waals surface area contributed by atoms with Gasteiger partial charge in [0.05, 0.1) is 16.0 Å². The molecule has 2 aromatic carbocycles. The molecular weight excluding hydrogens is 454 g/mol. The first-order valence-corrected chi connectivity index (χ1v) is 13.0. The van der Waals surface area contributed by atoms with Crippen molar-refractivity contribution in [2.75, 3.05) is 13.1 Å². The third kappa shape index (κ3) is 4.63. The zero-order valence-electron chi connectivity index (χ0n) is 19.4. The zero-order valence-corrected chi connectivity index (χ0v) is 20.2. The van der Waals surface area contributed by atoms with Gasteiger partial charge in [-0.15, -0.1) is 0 Å². The number of hydrogen-bond acceptors (Lipinski definition) is 5. The molecule has 2 aliphatic rings. The van der Waals surface area contributed by atoms with Crippen LogP contribution in [0.3, 0.4) is 0 Å². The van der Waals surface area contributed by atoms with Gasteiger partial charge in [0.2, 0.25) is 15.9 Å². The fourth-order valence-electron chi connectivity index (χ4n) is 4.43. The molecule has 2 aliphatic heterocycles. The fourth-order valence-corrected chi connectivity index (χ4v) is 5.95. The average molecular weight is 484 g/mol. The van der Waals surface area contributed by atoms with Crippen LogP contribution in [0.25, 0.3) is 0 Å². The summed E-state index contributed by atoms with van der Waals surface area (Å²) in [6.07, 6.45) is 2.08. The molecule has 0 aromatic heterocycles. The van der Waals surface area contributed by atoms with E-state index in [2.05, 4.69) is 5.32 Å². The minimum atomic E-state index is -3.50. The maximum absolute atomic E-state index is 13.1. The summed E-state index contributed by atoms with van der Waals surface area (Å²) in [5.74, 6) is -1.26. The summed E-state index contributed by atoms with van der Waals surface area (Å²) in [6, 6.07) is 12.1. The van der Waals surface area contributed by atoms with Gasteiger partial charge >= 0.3 is 0 Å². The summed E-state index contributed by atoms with van der Waals surface area (Å²) >= 11 is 0. The number of rotatable bonds is 8. The Labute approximate surface area is 200 Å². The van der Waals surface area contributed by atoms with Gasteiger partial charge in [-0.1, -0.05) is 38.1 Å². The normalized spacial score (nSPS) is 17.3. The number of carbonyl (C=O) groups excluding carboxylic acids is 3. The molecule has 0 saturated carbocycles. The summed E-state index contributed by atoms with van der Waals surface area (Å²) in [7, 11) is -3.50. The van der Waals surface area contributed by atoms with Crippen LogP contribution >= 0.6 is 0 Å². The van der Waals surface area contributed by atoms with E-state index in [1.807, 2.05) is 13.8 Å². The van der Waals surface area contributed by atoms with Crippen molar-refractivity contribution in [2.45, 2.75) is 50.6 Å². The van der Waals surface area contributed by atoms with Gasteiger partial charge in [-0.25, -0.2) is 8.42 Å². The van der Waals surface area contributed by atoms with E-state index < -0.39 is 33.8 Å². The first kappa shape index (κ1) is 24.1. The predicted octanol–water partition coefficient (Wildman–Crippen LogP) is 2.80. The van der Waals surface area contributed by atoms with Crippen LogP contribution in [0.1, 0.15) is 59.4 Å². The highest BCUT2D eigenvalue weighted by Crippen LogP contribution is 2.27. The van der Waals surface area contributed by atoms with Crippen molar-refractivity contribution in [3.8, 4) is 0 Å². The Kier molecular flexibility index (Phi) is 6.86. The van der Waals surface area contributed by atoms with E-state index in [1.54, 1.807) is 48.5 Å². The second-order valence-corrected chi connectivity index (χ2v) is 11.1. The number of imide groups is 1. The van der Waals surface area contributed by atoms with Gasteiger partial charge in [-0.3, -0.25) is 19.3 Å². The monoisotopic (exact) mass is 483 g/mol. The SMILES string of the molecule is CC(C)CC(C(=O)NCc1ccc(S(=O)(=O)N2CCCC2)cc1)N1C(=O)c2ccccc2C1=O. The molecule has 0 bridgehead atoms. The average Bonchev–Trinajstić information content (AvgIpc) is 3.45. The molecule has 180 valence electrons. The lowest BCUT2D eigenvalue weighted by Gasteiger charge is -2.26. The summed E-state index contributed by atoms with van der Waals surface area (Å²) in [4.78, 5) is 40.2. The number of benzene rings is 2. The minimum absolute atomic E-state index is 0.0788. The quantitative estimate of drug-likeness (QED) is 0.582. The number of nitrogens with zero attached hydrogens (tertiary/aromatic N) is 2. The van der Waals surface area contributed by atoms with Crippen molar-refractivity contribution in [3.05, 3.63) is 65.2 Å². The summed E-state index contributed by atoms with van der Waals surface area (Å²) < 4.78 is 26.9. The zero-order chi connectivity index (χ0) is 24.5. The van der Waals surface area contributed by atoms with Crippen LogP contribution in [-0.4, -0.2) is 54.5 Å². The number of sulfonamides is 1. The molecular formula is C25H29N3O5S. The van der Waals surface area contributed by atoms with Gasteiger partial charge in [0.15, 0.2) is 0 Å². The Morgan fingerprint density at radius 1 is 0.941 bits per heavy atom. The Hall–Kier alpha value is -3.04. The molecule has 0 aliphatic carbocycles. The molecule has 2 heterocycles. The highest BCUT2D eigenvalue weighted by Gasteiger charge is 2.42. The van der Waals surface area contributed by atoms with E-state index in [4.69, 9.17) is 0 Å². The van der Waals surface area contributed by atoms with Crippen molar-refractivity contribution < 1.29 is 22.8 Å². The molecule has 0 radical (unpaired) electrons. The van der Waals surface area contributed by atoms with Crippen LogP contribution < -0.4 is 5.32 Å². The van der Waals surface area contributed by atoms with E-state index in [0.29, 0.717) is 30.6 Å². The third-order valence-corrected chi connectivity index (χ3v) is 8.14. The number of amides is 3. The molecule has 4 rings (SSSR count). The van der Waals surface area contributed by atoms with E-state index in [1.165, 1.54) is 4.31 Å². The minimum Gasteiger partial charge on any atom is -0.350 e. The topological polar surface area (TPSA) is 104 Å². The lowest BCUT2D eigenvalue weighted by Crippen LogP contribution is -2.50. The second-order valence-electron chi connectivity index (χ2n) is 9.14. The fraction of sp³-hybridized carbons (Fsp3) is 0.400. The number of nitrogens with one attached hydrogen (secondary N) is 1. The lowest BCUT2D eigenvalue weighted by atomic mass is 10.0. The molecule has 1 N–H and O–H groups in total. The molecule has 8 nitrogen and oxygen atoms in total. The molecule has 1 saturated heterocycles. The van der Waals surface area contributed by atoms with E-state index in [-0.39, 0.29) is 17.4 Å². The Morgan fingerprint density at radius 3 is 2.03 bits per heavy atom. The van der Waals surface area contributed by atoms with Crippen molar-refractivity contribution >= 4 is 27.7 Å². The smallest absolute Gasteiger partial charge is 0.262 e. The van der Waals surface area contributed by atoms with Crippen LogP contribution in [0, 0.1) is 5.92 Å². The van der Waals surface area contributed by atoms with Crippen LogP contribution in [0.4, 0.5) is 0 Å². The van der Waals surface area contributed by atoms with Gasteiger partial charge in [0, 0.05) is 19.6 Å². The summed E-state index contributed by atoms with van der Waals surface area (Å²) in [5, 5.41) is 2.82. The van der Waals surface area contributed by atoms with Gasteiger partial charge < -0.3 is 5.32 Å². The van der Waals surface area contributed by atoms with Crippen LogP contribution in [0.2, 0.25) is 0 Å². The van der Waals surface area contributed by atoms with Gasteiger partial charge in [0.1, 0.15) is 6.04 Å². The van der Waals surface area contributed by atoms with Crippen molar-refractivity contribution in [2.24, 2.45) is 5.92 Å². The third-order valence-electron chi connectivity index (χ3n) is 6.23. The maximum Gasteiger partial charge on any atom is 0.262 e. The van der Waals surface area contributed by atoms with Gasteiger partial charge in [-0.05, 0) is 55.0 Å². The van der Waals surface area contributed by atoms with Gasteiger partial charge in [0.25, 0.3) is 11.8 Å². The van der Waals surface area contributed by atoms with E-state index in [0.717, 1.165) is 23.3 Å². The maximum atomic E-state index is 13.1. The molecule has 9 heteroatoms. The molecule has 3 amide bonds. The predicted molar refractivity (Wildman–Crippen MR) is 126 cm³/mol. The van der Waals surface area contributed by atoms with Crippen molar-refractivity contribution in [1.29, 1.82) is 0 Å². The van der Waals surface area contributed by atoms with Crippen molar-refractivity contribution in [3.63, 3.8) is 0 Å². The first-order chi connectivity index (χ1) is 16.2. The van der Waals surface area contributed by atoms with E-state index in [9.17, 15) is 22.8 Å². The number of hydrogen-bond donors (Lipinski definition) is 1. The Balaban J connectivity index is 1.46. The van der Waals surface area contributed by atoms with Crippen LogP contribution in [0.5, 0.6) is 0 Å². The largest absolute Gasteiger partial charge is 0.350 e. The molecule has 1 fully saturated rings. The van der Waals surface area contributed by atoms with E-state index >= 15 is 0 Å². The molecule has 34 heavy (non-hydrogen) atoms. The van der Waals surface area contributed by atoms with Crippen LogP contribution in [0.15, 0.2) is 53.4 Å². The first-order valence-electron chi connectivity index (χ1n) is 11.5. The Morgan fingerprint density at radius 2 is 1.50 bits per heavy atom. The lowest BCUT2D eigenvalue weighted by molar-refractivity contribution is -0.125. The molecule has 1 atom stereocenters. The summed E-state index contributed by atoms with van der Waals surface area (Å²) in [6.45, 7) is 5.08. The number of fused-ring (bicyclic) bond motifs is 1. The molecule has 1 unspecified atom stereocenters. The highest BCUT2D eigenvalue weighted by atomic mass is 32.2. The molecule has 0 spiro atoms. The number of carbonyl (C=O) groups is 3. The van der Waals surface area contributed by atoms with Gasteiger partial charge in [-0.2, -0.15) is 4.31 Å². The second kappa shape index (κ2) is 9.68. The molecule has 2 aromatic rings. The van der Waals surface area contributed by atoms with Crippen LogP contribution in [-0.2, 0) is 21.4 Å².